The summed E-state index contributed by atoms with van der Waals surface area (Å²) >= 11 is 0. The topological polar surface area (TPSA) is 40.5 Å². The van der Waals surface area contributed by atoms with E-state index in [4.69, 9.17) is 0 Å². The van der Waals surface area contributed by atoms with E-state index in [9.17, 15) is 10.2 Å². The average molecular weight is 230 g/mol. The molecule has 0 amide bonds. The van der Waals surface area contributed by atoms with Gasteiger partial charge in [0.15, 0.2) is 0 Å². The molecule has 2 N–H and O–H groups in total. The quantitative estimate of drug-likeness (QED) is 0.462. The molecular weight excluding hydrogens is 212 g/mol. The first-order chi connectivity index (χ1) is 8.24. The molecule has 0 unspecified atom stereocenters. The zero-order valence-corrected chi connectivity index (χ0v) is 9.84. The van der Waals surface area contributed by atoms with Crippen LogP contribution in [0, 0.1) is 11.8 Å². The fourth-order valence-electron chi connectivity index (χ4n) is 1.40. The molecule has 0 bridgehead atoms. The van der Waals surface area contributed by atoms with Crippen LogP contribution in [0.15, 0.2) is 43.0 Å². The minimum absolute atomic E-state index is 0.538. The van der Waals surface area contributed by atoms with Gasteiger partial charge in [-0.2, -0.15) is 0 Å². The second kappa shape index (κ2) is 7.67. The van der Waals surface area contributed by atoms with Gasteiger partial charge in [0.1, 0.15) is 6.10 Å². The number of rotatable bonds is 5. The van der Waals surface area contributed by atoms with Gasteiger partial charge in [0, 0.05) is 5.56 Å². The van der Waals surface area contributed by atoms with E-state index in [1.165, 1.54) is 0 Å². The Morgan fingerprint density at radius 2 is 1.94 bits per heavy atom. The van der Waals surface area contributed by atoms with Crippen LogP contribution in [0.25, 0.3) is 0 Å². The van der Waals surface area contributed by atoms with Crippen LogP contribution in [-0.2, 0) is 0 Å². The molecule has 0 saturated carbocycles. The highest BCUT2D eigenvalue weighted by atomic mass is 16.3. The highest BCUT2D eigenvalue weighted by Crippen LogP contribution is 2.05. The molecular formula is C15H18O2. The molecule has 2 heteroatoms. The molecule has 0 saturated heterocycles. The lowest BCUT2D eigenvalue weighted by atomic mass is 10.1. The third kappa shape index (κ3) is 5.35. The maximum absolute atomic E-state index is 9.64. The lowest BCUT2D eigenvalue weighted by Crippen LogP contribution is -2.23. The van der Waals surface area contributed by atoms with Crippen molar-refractivity contribution in [2.75, 3.05) is 0 Å². The predicted octanol–water partition coefficient (Wildman–Crippen LogP) is 2.12. The van der Waals surface area contributed by atoms with Crippen LogP contribution in [0.4, 0.5) is 0 Å². The maximum atomic E-state index is 9.64. The summed E-state index contributed by atoms with van der Waals surface area (Å²) in [7, 11) is 0. The summed E-state index contributed by atoms with van der Waals surface area (Å²) in [6, 6.07) is 9.41. The lowest BCUT2D eigenvalue weighted by Gasteiger charge is -2.11. The number of aliphatic hydroxyl groups excluding tert-OH is 2. The fraction of sp³-hybridized carbons (Fsp3) is 0.333. The molecule has 0 fully saturated rings. The minimum Gasteiger partial charge on any atom is -0.389 e. The molecule has 0 aliphatic carbocycles. The Labute approximate surface area is 103 Å². The summed E-state index contributed by atoms with van der Waals surface area (Å²) in [5, 5.41) is 19.3. The van der Waals surface area contributed by atoms with Crippen molar-refractivity contribution in [3.05, 3.63) is 48.6 Å². The summed E-state index contributed by atoms with van der Waals surface area (Å²) in [6.07, 6.45) is 2.22. The van der Waals surface area contributed by atoms with Gasteiger partial charge in [-0.1, -0.05) is 36.1 Å². The summed E-state index contributed by atoms with van der Waals surface area (Å²) in [6.45, 7) is 3.61. The van der Waals surface area contributed by atoms with Crippen molar-refractivity contribution in [1.29, 1.82) is 0 Å². The number of aliphatic hydroxyl groups is 2. The number of benzene rings is 1. The Morgan fingerprint density at radius 3 is 2.59 bits per heavy atom. The van der Waals surface area contributed by atoms with Gasteiger partial charge in [0.2, 0.25) is 0 Å². The van der Waals surface area contributed by atoms with Crippen molar-refractivity contribution in [3.8, 4) is 11.8 Å². The second-order valence-corrected chi connectivity index (χ2v) is 3.87. The van der Waals surface area contributed by atoms with Crippen LogP contribution in [0.5, 0.6) is 0 Å². The highest BCUT2D eigenvalue weighted by molar-refractivity contribution is 5.34. The van der Waals surface area contributed by atoms with E-state index in [0.29, 0.717) is 6.42 Å². The molecule has 2 atom stereocenters. The molecule has 1 aromatic rings. The SMILES string of the molecule is C=CCCC[C@H](O)[C@@H](O)C#Cc1ccccc1. The molecule has 0 aliphatic rings. The van der Waals surface area contributed by atoms with E-state index >= 15 is 0 Å². The number of hydrogen-bond acceptors (Lipinski definition) is 2. The van der Waals surface area contributed by atoms with E-state index in [-0.39, 0.29) is 0 Å². The Morgan fingerprint density at radius 1 is 1.24 bits per heavy atom. The smallest absolute Gasteiger partial charge is 0.140 e. The van der Waals surface area contributed by atoms with Crippen LogP contribution in [0.2, 0.25) is 0 Å². The molecule has 17 heavy (non-hydrogen) atoms. The zero-order chi connectivity index (χ0) is 12.5. The first-order valence-electron chi connectivity index (χ1n) is 5.77. The Hall–Kier alpha value is -1.56. The van der Waals surface area contributed by atoms with E-state index in [1.807, 2.05) is 30.3 Å². The van der Waals surface area contributed by atoms with Crippen molar-refractivity contribution in [1.82, 2.24) is 0 Å². The van der Waals surface area contributed by atoms with Crippen molar-refractivity contribution in [3.63, 3.8) is 0 Å². The molecule has 0 aromatic heterocycles. The summed E-state index contributed by atoms with van der Waals surface area (Å²) in [5.74, 6) is 5.49. The maximum Gasteiger partial charge on any atom is 0.140 e. The van der Waals surface area contributed by atoms with Gasteiger partial charge >= 0.3 is 0 Å². The molecule has 2 nitrogen and oxygen atoms in total. The van der Waals surface area contributed by atoms with Gasteiger partial charge < -0.3 is 10.2 Å². The zero-order valence-electron chi connectivity index (χ0n) is 9.84. The Balaban J connectivity index is 2.45. The molecule has 0 aliphatic heterocycles. The second-order valence-electron chi connectivity index (χ2n) is 3.87. The molecule has 1 aromatic carbocycles. The standard InChI is InChI=1S/C15H18O2/c1-2-3-5-10-14(16)15(17)12-11-13-8-6-4-7-9-13/h2,4,6-9,14-17H,1,3,5,10H2/t14-,15-/m0/s1. The Bertz CT molecular complexity index is 386. The van der Waals surface area contributed by atoms with Gasteiger partial charge in [-0.3, -0.25) is 0 Å². The van der Waals surface area contributed by atoms with Gasteiger partial charge in [-0.15, -0.1) is 6.58 Å². The monoisotopic (exact) mass is 230 g/mol. The summed E-state index contributed by atoms with van der Waals surface area (Å²) in [5.41, 5.74) is 0.838. The summed E-state index contributed by atoms with van der Waals surface area (Å²) < 4.78 is 0. The largest absolute Gasteiger partial charge is 0.389 e. The fourth-order valence-corrected chi connectivity index (χ4v) is 1.40. The van der Waals surface area contributed by atoms with E-state index < -0.39 is 12.2 Å². The van der Waals surface area contributed by atoms with E-state index in [0.717, 1.165) is 18.4 Å². The highest BCUT2D eigenvalue weighted by Gasteiger charge is 2.12. The first-order valence-corrected chi connectivity index (χ1v) is 5.77. The molecule has 1 rings (SSSR count). The number of allylic oxidation sites excluding steroid dienone is 1. The minimum atomic E-state index is -0.986. The Kier molecular flexibility index (Phi) is 6.09. The molecule has 90 valence electrons. The van der Waals surface area contributed by atoms with Crippen molar-refractivity contribution in [2.24, 2.45) is 0 Å². The number of unbranched alkanes of at least 4 members (excludes halogenated alkanes) is 1. The van der Waals surface area contributed by atoms with Crippen LogP contribution in [-0.4, -0.2) is 22.4 Å². The lowest BCUT2D eigenvalue weighted by molar-refractivity contribution is 0.0475. The van der Waals surface area contributed by atoms with Crippen molar-refractivity contribution in [2.45, 2.75) is 31.5 Å². The third-order valence-corrected chi connectivity index (χ3v) is 2.41. The predicted molar refractivity (Wildman–Crippen MR) is 69.4 cm³/mol. The number of hydrogen-bond donors (Lipinski definition) is 2. The first kappa shape index (κ1) is 13.5. The normalized spacial score (nSPS) is 13.3. The van der Waals surface area contributed by atoms with Crippen LogP contribution >= 0.6 is 0 Å². The molecule has 0 heterocycles. The summed E-state index contributed by atoms with van der Waals surface area (Å²) in [4.78, 5) is 0. The van der Waals surface area contributed by atoms with Crippen LogP contribution in [0.3, 0.4) is 0 Å². The van der Waals surface area contributed by atoms with Gasteiger partial charge in [-0.05, 0) is 31.4 Å². The van der Waals surface area contributed by atoms with Gasteiger partial charge in [0.25, 0.3) is 0 Å². The average Bonchev–Trinajstić information content (AvgIpc) is 2.37. The van der Waals surface area contributed by atoms with E-state index in [1.54, 1.807) is 6.08 Å². The van der Waals surface area contributed by atoms with Gasteiger partial charge in [-0.25, -0.2) is 0 Å². The van der Waals surface area contributed by atoms with Crippen LogP contribution < -0.4 is 0 Å². The van der Waals surface area contributed by atoms with Crippen LogP contribution in [0.1, 0.15) is 24.8 Å². The molecule has 0 spiro atoms. The van der Waals surface area contributed by atoms with E-state index in [2.05, 4.69) is 18.4 Å². The van der Waals surface area contributed by atoms with Crippen molar-refractivity contribution >= 4 is 0 Å². The van der Waals surface area contributed by atoms with Gasteiger partial charge in [0.05, 0.1) is 6.10 Å². The van der Waals surface area contributed by atoms with Crippen molar-refractivity contribution < 1.29 is 10.2 Å². The molecule has 0 radical (unpaired) electrons. The third-order valence-electron chi connectivity index (χ3n) is 2.41.